The lowest BCUT2D eigenvalue weighted by molar-refractivity contribution is -0.133. The second kappa shape index (κ2) is 9.46. The number of halogens is 1. The minimum Gasteiger partial charge on any atom is -0.497 e. The highest BCUT2D eigenvalue weighted by molar-refractivity contribution is 6.30. The Morgan fingerprint density at radius 2 is 1.64 bits per heavy atom. The molecule has 0 aromatic heterocycles. The molecule has 1 saturated heterocycles. The first-order valence-corrected chi connectivity index (χ1v) is 9.54. The zero-order valence-electron chi connectivity index (χ0n) is 15.8. The molecule has 0 atom stereocenters. The smallest absolute Gasteiger partial charge is 0.254 e. The number of ether oxygens (including phenoxy) is 2. The maximum atomic E-state index is 12.6. The predicted octanol–water partition coefficient (Wildman–Crippen LogP) is 3.10. The lowest BCUT2D eigenvalue weighted by atomic mass is 10.1. The molecular formula is C21H23ClN2O4. The molecule has 0 saturated carbocycles. The largest absolute Gasteiger partial charge is 0.497 e. The van der Waals surface area contributed by atoms with Crippen molar-refractivity contribution in [2.45, 2.75) is 6.42 Å². The number of methoxy groups -OCH3 is 1. The third-order valence-electron chi connectivity index (χ3n) is 4.63. The van der Waals surface area contributed by atoms with Crippen molar-refractivity contribution < 1.29 is 19.1 Å². The number of piperazine rings is 1. The van der Waals surface area contributed by atoms with Crippen LogP contribution in [0.4, 0.5) is 0 Å². The molecule has 1 fully saturated rings. The molecule has 7 heteroatoms. The summed E-state index contributed by atoms with van der Waals surface area (Å²) in [6.45, 7) is 2.38. The number of hydrogen-bond donors (Lipinski definition) is 0. The average Bonchev–Trinajstić information content (AvgIpc) is 2.74. The summed E-state index contributed by atoms with van der Waals surface area (Å²) < 4.78 is 10.8. The summed E-state index contributed by atoms with van der Waals surface area (Å²) in [4.78, 5) is 28.6. The van der Waals surface area contributed by atoms with Crippen molar-refractivity contribution in [3.05, 3.63) is 59.1 Å². The molecule has 0 spiro atoms. The van der Waals surface area contributed by atoms with E-state index in [2.05, 4.69) is 0 Å². The Morgan fingerprint density at radius 1 is 0.964 bits per heavy atom. The number of carbonyl (C=O) groups excluding carboxylic acids is 2. The summed E-state index contributed by atoms with van der Waals surface area (Å²) >= 11 is 5.84. The summed E-state index contributed by atoms with van der Waals surface area (Å²) in [5.41, 5.74) is 0.593. The molecule has 2 amide bonds. The van der Waals surface area contributed by atoms with Gasteiger partial charge in [-0.25, -0.2) is 0 Å². The van der Waals surface area contributed by atoms with E-state index in [1.54, 1.807) is 65.4 Å². The maximum Gasteiger partial charge on any atom is 0.254 e. The van der Waals surface area contributed by atoms with E-state index in [1.807, 2.05) is 0 Å². The van der Waals surface area contributed by atoms with Crippen LogP contribution in [-0.2, 0) is 4.79 Å². The van der Waals surface area contributed by atoms with Gasteiger partial charge in [-0.15, -0.1) is 0 Å². The Kier molecular flexibility index (Phi) is 6.76. The van der Waals surface area contributed by atoms with Crippen LogP contribution in [0.25, 0.3) is 0 Å². The number of amides is 2. The van der Waals surface area contributed by atoms with E-state index in [4.69, 9.17) is 21.1 Å². The van der Waals surface area contributed by atoms with Crippen LogP contribution in [0.5, 0.6) is 11.5 Å². The van der Waals surface area contributed by atoms with E-state index in [0.717, 1.165) is 0 Å². The van der Waals surface area contributed by atoms with Gasteiger partial charge in [0, 0.05) is 36.8 Å². The molecule has 0 unspecified atom stereocenters. The molecule has 0 N–H and O–H groups in total. The van der Waals surface area contributed by atoms with Crippen LogP contribution in [0, 0.1) is 0 Å². The highest BCUT2D eigenvalue weighted by Crippen LogP contribution is 2.17. The lowest BCUT2D eigenvalue weighted by Gasteiger charge is -2.35. The SMILES string of the molecule is COc1cccc(C(=O)N2CCN(C(=O)CCOc3ccc(Cl)cc3)CC2)c1. The molecular weight excluding hydrogens is 380 g/mol. The topological polar surface area (TPSA) is 59.1 Å². The second-order valence-electron chi connectivity index (χ2n) is 6.46. The van der Waals surface area contributed by atoms with Gasteiger partial charge in [0.25, 0.3) is 5.91 Å². The maximum absolute atomic E-state index is 12.6. The van der Waals surface area contributed by atoms with Gasteiger partial charge in [-0.05, 0) is 42.5 Å². The molecule has 2 aromatic carbocycles. The van der Waals surface area contributed by atoms with Gasteiger partial charge in [0.1, 0.15) is 11.5 Å². The summed E-state index contributed by atoms with van der Waals surface area (Å²) in [7, 11) is 1.57. The van der Waals surface area contributed by atoms with E-state index < -0.39 is 0 Å². The molecule has 0 bridgehead atoms. The first kappa shape index (κ1) is 20.0. The van der Waals surface area contributed by atoms with Crippen molar-refractivity contribution in [3.63, 3.8) is 0 Å². The average molecular weight is 403 g/mol. The summed E-state index contributed by atoms with van der Waals surface area (Å²) in [6, 6.07) is 14.1. The first-order valence-electron chi connectivity index (χ1n) is 9.16. The number of rotatable bonds is 6. The van der Waals surface area contributed by atoms with E-state index in [-0.39, 0.29) is 11.8 Å². The zero-order chi connectivity index (χ0) is 19.9. The summed E-state index contributed by atoms with van der Waals surface area (Å²) in [5.74, 6) is 1.32. The molecule has 148 valence electrons. The van der Waals surface area contributed by atoms with Gasteiger partial charge >= 0.3 is 0 Å². The molecule has 2 aromatic rings. The van der Waals surface area contributed by atoms with Crippen LogP contribution < -0.4 is 9.47 Å². The minimum absolute atomic E-state index is 0.0300. The Labute approximate surface area is 169 Å². The number of hydrogen-bond acceptors (Lipinski definition) is 4. The Balaban J connectivity index is 1.44. The fraction of sp³-hybridized carbons (Fsp3) is 0.333. The predicted molar refractivity (Wildman–Crippen MR) is 107 cm³/mol. The molecule has 1 aliphatic heterocycles. The van der Waals surface area contributed by atoms with Gasteiger partial charge in [0.15, 0.2) is 0 Å². The molecule has 3 rings (SSSR count). The quantitative estimate of drug-likeness (QED) is 0.745. The molecule has 28 heavy (non-hydrogen) atoms. The van der Waals surface area contributed by atoms with Crippen molar-refractivity contribution >= 4 is 23.4 Å². The Bertz CT molecular complexity index is 817. The number of carbonyl (C=O) groups is 2. The molecule has 0 aliphatic carbocycles. The third-order valence-corrected chi connectivity index (χ3v) is 4.89. The van der Waals surface area contributed by atoms with Gasteiger partial charge < -0.3 is 19.3 Å². The van der Waals surface area contributed by atoms with Crippen LogP contribution in [0.2, 0.25) is 5.02 Å². The van der Waals surface area contributed by atoms with Gasteiger partial charge in [-0.3, -0.25) is 9.59 Å². The van der Waals surface area contributed by atoms with Crippen LogP contribution in [0.1, 0.15) is 16.8 Å². The first-order chi connectivity index (χ1) is 13.6. The fourth-order valence-corrected chi connectivity index (χ4v) is 3.17. The van der Waals surface area contributed by atoms with Gasteiger partial charge in [-0.2, -0.15) is 0 Å². The summed E-state index contributed by atoms with van der Waals surface area (Å²) in [5, 5.41) is 0.643. The third kappa shape index (κ3) is 5.16. The van der Waals surface area contributed by atoms with Crippen molar-refractivity contribution in [1.82, 2.24) is 9.80 Å². The van der Waals surface area contributed by atoms with E-state index in [9.17, 15) is 9.59 Å². The number of nitrogens with zero attached hydrogens (tertiary/aromatic N) is 2. The van der Waals surface area contributed by atoms with Crippen molar-refractivity contribution in [1.29, 1.82) is 0 Å². The summed E-state index contributed by atoms with van der Waals surface area (Å²) in [6.07, 6.45) is 0.298. The van der Waals surface area contributed by atoms with Crippen LogP contribution in [0.3, 0.4) is 0 Å². The molecule has 0 radical (unpaired) electrons. The second-order valence-corrected chi connectivity index (χ2v) is 6.89. The van der Waals surface area contributed by atoms with Crippen LogP contribution in [0.15, 0.2) is 48.5 Å². The van der Waals surface area contributed by atoms with E-state index in [1.165, 1.54) is 0 Å². The molecule has 1 heterocycles. The van der Waals surface area contributed by atoms with Crippen molar-refractivity contribution in [3.8, 4) is 11.5 Å². The molecule has 1 aliphatic rings. The minimum atomic E-state index is -0.0444. The normalized spacial score (nSPS) is 13.9. The lowest BCUT2D eigenvalue weighted by Crippen LogP contribution is -2.50. The van der Waals surface area contributed by atoms with Gasteiger partial charge in [0.05, 0.1) is 20.1 Å². The van der Waals surface area contributed by atoms with E-state index >= 15 is 0 Å². The van der Waals surface area contributed by atoms with Crippen molar-refractivity contribution in [2.24, 2.45) is 0 Å². The van der Waals surface area contributed by atoms with Crippen molar-refractivity contribution in [2.75, 3.05) is 39.9 Å². The Morgan fingerprint density at radius 3 is 2.32 bits per heavy atom. The fourth-order valence-electron chi connectivity index (χ4n) is 3.04. The monoisotopic (exact) mass is 402 g/mol. The van der Waals surface area contributed by atoms with Crippen LogP contribution >= 0.6 is 11.6 Å². The van der Waals surface area contributed by atoms with E-state index in [0.29, 0.717) is 61.3 Å². The highest BCUT2D eigenvalue weighted by Gasteiger charge is 2.24. The van der Waals surface area contributed by atoms with Crippen LogP contribution in [-0.4, -0.2) is 61.5 Å². The van der Waals surface area contributed by atoms with Gasteiger partial charge in [-0.1, -0.05) is 17.7 Å². The standard InChI is InChI=1S/C21H23ClN2O4/c1-27-19-4-2-3-16(15-19)21(26)24-12-10-23(11-13-24)20(25)9-14-28-18-7-5-17(22)6-8-18/h2-8,15H,9-14H2,1H3. The van der Waals surface area contributed by atoms with Gasteiger partial charge in [0.2, 0.25) is 5.91 Å². The number of benzene rings is 2. The Hall–Kier alpha value is -2.73. The molecule has 6 nitrogen and oxygen atoms in total. The highest BCUT2D eigenvalue weighted by atomic mass is 35.5. The zero-order valence-corrected chi connectivity index (χ0v) is 16.5.